The van der Waals surface area contributed by atoms with Gasteiger partial charge in [0, 0.05) is 0 Å². The fourth-order valence-corrected chi connectivity index (χ4v) is 2.58. The Kier molecular flexibility index (Phi) is 11.9. The van der Waals surface area contributed by atoms with Crippen molar-refractivity contribution in [3.8, 4) is 0 Å². The van der Waals surface area contributed by atoms with E-state index in [0.717, 1.165) is 0 Å². The van der Waals surface area contributed by atoms with Gasteiger partial charge >= 0.3 is 0 Å². The fourth-order valence-electron chi connectivity index (χ4n) is 0.839. The largest absolute Gasteiger partial charge is 0.162 e. The first-order chi connectivity index (χ1) is 5.91. The van der Waals surface area contributed by atoms with Gasteiger partial charge in [0.25, 0.3) is 0 Å². The Morgan fingerprint density at radius 2 is 1.75 bits per heavy atom. The van der Waals surface area contributed by atoms with E-state index >= 15 is 0 Å². The topological polar surface area (TPSA) is 0 Å². The summed E-state index contributed by atoms with van der Waals surface area (Å²) in [5.41, 5.74) is 0. The lowest BCUT2D eigenvalue weighted by molar-refractivity contribution is 0.971. The minimum absolute atomic E-state index is 1.18. The van der Waals surface area contributed by atoms with Gasteiger partial charge in [-0.05, 0) is 42.3 Å². The molecule has 0 radical (unpaired) electrons. The number of allylic oxidation sites excluding steroid dienone is 1. The van der Waals surface area contributed by atoms with Crippen molar-refractivity contribution in [3.05, 3.63) is 12.7 Å². The zero-order valence-corrected chi connectivity index (χ0v) is 9.68. The Hall–Kier alpha value is 0.440. The van der Waals surface area contributed by atoms with Crippen molar-refractivity contribution < 1.29 is 0 Å². The van der Waals surface area contributed by atoms with E-state index in [2.05, 4.69) is 25.3 Å². The molecule has 0 aliphatic carbocycles. The van der Waals surface area contributed by atoms with Crippen LogP contribution in [-0.2, 0) is 0 Å². The van der Waals surface area contributed by atoms with E-state index in [1.807, 2.05) is 17.8 Å². The van der Waals surface area contributed by atoms with Gasteiger partial charge in [-0.1, -0.05) is 13.0 Å². The highest BCUT2D eigenvalue weighted by Gasteiger charge is 1.89. The quantitative estimate of drug-likeness (QED) is 0.413. The van der Waals surface area contributed by atoms with Gasteiger partial charge < -0.3 is 0 Å². The molecule has 0 atom stereocenters. The van der Waals surface area contributed by atoms with Crippen molar-refractivity contribution in [3.63, 3.8) is 0 Å². The maximum Gasteiger partial charge on any atom is -0.00597 e. The summed E-state index contributed by atoms with van der Waals surface area (Å²) < 4.78 is 0. The monoisotopic (exact) mass is 204 g/mol. The predicted octanol–water partition coefficient (Wildman–Crippen LogP) is 3.83. The van der Waals surface area contributed by atoms with Crippen LogP contribution < -0.4 is 0 Å². The zero-order chi connectivity index (χ0) is 9.07. The summed E-state index contributed by atoms with van der Waals surface area (Å²) in [7, 11) is 0. The van der Waals surface area contributed by atoms with Crippen LogP contribution in [0.3, 0.4) is 0 Å². The van der Waals surface area contributed by atoms with Crippen molar-refractivity contribution in [2.45, 2.75) is 26.2 Å². The molecular formula is C10H20S2. The van der Waals surface area contributed by atoms with Crippen LogP contribution in [0.2, 0.25) is 0 Å². The second-order valence-electron chi connectivity index (χ2n) is 2.59. The molecule has 2 heteroatoms. The second kappa shape index (κ2) is 11.4. The number of hydrogen-bond donors (Lipinski definition) is 0. The van der Waals surface area contributed by atoms with Crippen LogP contribution in [0.25, 0.3) is 0 Å². The first-order valence-corrected chi connectivity index (χ1v) is 6.99. The van der Waals surface area contributed by atoms with Gasteiger partial charge in [-0.3, -0.25) is 0 Å². The normalized spacial score (nSPS) is 10.1. The molecular weight excluding hydrogens is 184 g/mol. The standard InChI is InChI=1S/C10H20S2/c1-3-5-6-8-12-10-7-9-11-4-2/h3H,1,4-10H2,2H3. The van der Waals surface area contributed by atoms with Gasteiger partial charge in [-0.2, -0.15) is 23.5 Å². The van der Waals surface area contributed by atoms with Crippen LogP contribution in [0.1, 0.15) is 26.2 Å². The molecule has 0 rings (SSSR count). The van der Waals surface area contributed by atoms with Crippen molar-refractivity contribution in [1.29, 1.82) is 0 Å². The number of unbranched alkanes of at least 4 members (excludes halogenated alkanes) is 1. The van der Waals surface area contributed by atoms with E-state index in [9.17, 15) is 0 Å². The number of rotatable bonds is 9. The summed E-state index contributed by atoms with van der Waals surface area (Å²) in [6.07, 6.45) is 5.86. The van der Waals surface area contributed by atoms with Crippen LogP contribution in [-0.4, -0.2) is 23.0 Å². The van der Waals surface area contributed by atoms with Crippen LogP contribution in [0.5, 0.6) is 0 Å². The minimum Gasteiger partial charge on any atom is -0.162 e. The second-order valence-corrected chi connectivity index (χ2v) is 5.21. The van der Waals surface area contributed by atoms with Gasteiger partial charge in [-0.25, -0.2) is 0 Å². The summed E-state index contributed by atoms with van der Waals surface area (Å²) in [4.78, 5) is 0. The molecule has 0 unspecified atom stereocenters. The maximum atomic E-state index is 3.71. The average Bonchev–Trinajstić information content (AvgIpc) is 2.10. The smallest absolute Gasteiger partial charge is 0.00597 e. The molecule has 0 saturated carbocycles. The van der Waals surface area contributed by atoms with Gasteiger partial charge in [0.1, 0.15) is 0 Å². The fraction of sp³-hybridized carbons (Fsp3) is 0.800. The highest BCUT2D eigenvalue weighted by Crippen LogP contribution is 2.09. The summed E-state index contributed by atoms with van der Waals surface area (Å²) in [5, 5.41) is 0. The zero-order valence-electron chi connectivity index (χ0n) is 8.05. The third kappa shape index (κ3) is 10.4. The van der Waals surface area contributed by atoms with Crippen LogP contribution in [0.4, 0.5) is 0 Å². The SMILES string of the molecule is C=CCCCSCCCSCC. The lowest BCUT2D eigenvalue weighted by Gasteiger charge is -1.99. The van der Waals surface area contributed by atoms with Crippen molar-refractivity contribution >= 4 is 23.5 Å². The molecule has 0 aliphatic heterocycles. The highest BCUT2D eigenvalue weighted by atomic mass is 32.2. The summed E-state index contributed by atoms with van der Waals surface area (Å²) in [5.74, 6) is 5.25. The molecule has 12 heavy (non-hydrogen) atoms. The van der Waals surface area contributed by atoms with Gasteiger partial charge in [0.2, 0.25) is 0 Å². The number of thioether (sulfide) groups is 2. The predicted molar refractivity (Wildman–Crippen MR) is 64.4 cm³/mol. The van der Waals surface area contributed by atoms with Crippen LogP contribution >= 0.6 is 23.5 Å². The van der Waals surface area contributed by atoms with Gasteiger partial charge in [-0.15, -0.1) is 6.58 Å². The van der Waals surface area contributed by atoms with Gasteiger partial charge in [0.15, 0.2) is 0 Å². The summed E-state index contributed by atoms with van der Waals surface area (Å²) in [6, 6.07) is 0. The molecule has 0 amide bonds. The Labute approximate surface area is 85.6 Å². The van der Waals surface area contributed by atoms with E-state index < -0.39 is 0 Å². The van der Waals surface area contributed by atoms with E-state index in [4.69, 9.17) is 0 Å². The average molecular weight is 204 g/mol. The first kappa shape index (κ1) is 12.4. The molecule has 0 saturated heterocycles. The molecule has 0 aliphatic rings. The highest BCUT2D eigenvalue weighted by molar-refractivity contribution is 8.00. The first-order valence-electron chi connectivity index (χ1n) is 4.68. The van der Waals surface area contributed by atoms with E-state index in [0.29, 0.717) is 0 Å². The third-order valence-corrected chi connectivity index (χ3v) is 3.62. The van der Waals surface area contributed by atoms with E-state index in [1.165, 1.54) is 42.3 Å². The van der Waals surface area contributed by atoms with Crippen LogP contribution in [0.15, 0.2) is 12.7 Å². The molecule has 0 spiro atoms. The molecule has 72 valence electrons. The van der Waals surface area contributed by atoms with Crippen molar-refractivity contribution in [1.82, 2.24) is 0 Å². The summed E-state index contributed by atoms with van der Waals surface area (Å²) in [6.45, 7) is 5.93. The molecule has 0 aromatic heterocycles. The maximum absolute atomic E-state index is 3.71. The Balaban J connectivity index is 2.77. The molecule has 0 N–H and O–H groups in total. The lowest BCUT2D eigenvalue weighted by atomic mass is 10.3. The number of hydrogen-bond acceptors (Lipinski definition) is 2. The molecule has 0 aromatic rings. The minimum atomic E-state index is 1.18. The van der Waals surface area contributed by atoms with Crippen molar-refractivity contribution in [2.24, 2.45) is 0 Å². The molecule has 0 bridgehead atoms. The molecule has 0 heterocycles. The van der Waals surface area contributed by atoms with E-state index in [-0.39, 0.29) is 0 Å². The lowest BCUT2D eigenvalue weighted by Crippen LogP contribution is -1.86. The molecule has 0 fully saturated rings. The van der Waals surface area contributed by atoms with Crippen LogP contribution in [0, 0.1) is 0 Å². The van der Waals surface area contributed by atoms with Gasteiger partial charge in [0.05, 0.1) is 0 Å². The Morgan fingerprint density at radius 3 is 2.42 bits per heavy atom. The Bertz CT molecular complexity index is 91.8. The van der Waals surface area contributed by atoms with E-state index in [1.54, 1.807) is 0 Å². The summed E-state index contributed by atoms with van der Waals surface area (Å²) >= 11 is 4.13. The van der Waals surface area contributed by atoms with Crippen molar-refractivity contribution in [2.75, 3.05) is 23.0 Å². The molecule has 0 nitrogen and oxygen atoms in total. The third-order valence-electron chi connectivity index (χ3n) is 1.48. The Morgan fingerprint density at radius 1 is 1.08 bits per heavy atom. The molecule has 0 aromatic carbocycles.